The number of nitrogens with one attached hydrogen (secondary N) is 1. The molecule has 0 spiro atoms. The number of ketones is 1. The van der Waals surface area contributed by atoms with Crippen LogP contribution in [0, 0.1) is 11.3 Å². The van der Waals surface area contributed by atoms with Gasteiger partial charge in [0.2, 0.25) is 0 Å². The first-order valence-electron chi connectivity index (χ1n) is 7.12. The van der Waals surface area contributed by atoms with Crippen LogP contribution in [0.3, 0.4) is 0 Å². The second-order valence-electron chi connectivity index (χ2n) is 5.34. The number of allylic oxidation sites excluding steroid dienone is 3. The van der Waals surface area contributed by atoms with Gasteiger partial charge in [0.15, 0.2) is 5.78 Å². The van der Waals surface area contributed by atoms with Gasteiger partial charge in [-0.2, -0.15) is 5.26 Å². The molecule has 0 fully saturated rings. The molecule has 1 aliphatic carbocycles. The summed E-state index contributed by atoms with van der Waals surface area (Å²) in [6, 6.07) is 9.72. The van der Waals surface area contributed by atoms with E-state index in [0.29, 0.717) is 17.0 Å². The fourth-order valence-electron chi connectivity index (χ4n) is 3.07. The summed E-state index contributed by atoms with van der Waals surface area (Å²) in [6.07, 6.45) is 4.21. The molecule has 1 N–H and O–H groups in total. The highest BCUT2D eigenvalue weighted by Crippen LogP contribution is 2.43. The molecule has 2 aliphatic rings. The fourth-order valence-corrected chi connectivity index (χ4v) is 3.81. The van der Waals surface area contributed by atoms with Crippen LogP contribution in [0.2, 0.25) is 5.02 Å². The molecule has 112 valence electrons. The van der Waals surface area contributed by atoms with Crippen LogP contribution in [-0.2, 0) is 4.79 Å². The zero-order valence-corrected chi connectivity index (χ0v) is 13.7. The third-order valence-corrected chi connectivity index (χ3v) is 5.05. The van der Waals surface area contributed by atoms with Crippen LogP contribution >= 0.6 is 23.4 Å². The Morgan fingerprint density at radius 3 is 2.68 bits per heavy atom. The Balaban J connectivity index is 2.18. The number of thioether (sulfide) groups is 1. The first kappa shape index (κ1) is 15.2. The van der Waals surface area contributed by atoms with Gasteiger partial charge in [0.1, 0.15) is 0 Å². The largest absolute Gasteiger partial charge is 0.352 e. The molecule has 0 saturated carbocycles. The maximum atomic E-state index is 12.5. The number of rotatable bonds is 2. The van der Waals surface area contributed by atoms with Gasteiger partial charge in [0.25, 0.3) is 0 Å². The first-order chi connectivity index (χ1) is 10.7. The van der Waals surface area contributed by atoms with Crippen LogP contribution in [0.5, 0.6) is 0 Å². The topological polar surface area (TPSA) is 52.9 Å². The lowest BCUT2D eigenvalue weighted by Gasteiger charge is -2.33. The number of hydrogen-bond acceptors (Lipinski definition) is 4. The van der Waals surface area contributed by atoms with Crippen molar-refractivity contribution in [3.05, 3.63) is 56.7 Å². The highest BCUT2D eigenvalue weighted by atomic mass is 35.5. The van der Waals surface area contributed by atoms with Crippen LogP contribution in [-0.4, -0.2) is 12.0 Å². The molecule has 3 nitrogen and oxygen atoms in total. The highest BCUT2D eigenvalue weighted by Gasteiger charge is 2.36. The predicted octanol–water partition coefficient (Wildman–Crippen LogP) is 4.13. The van der Waals surface area contributed by atoms with Gasteiger partial charge >= 0.3 is 0 Å². The van der Waals surface area contributed by atoms with Gasteiger partial charge in [-0.3, -0.25) is 4.79 Å². The van der Waals surface area contributed by atoms with E-state index in [1.54, 1.807) is 12.1 Å². The molecule has 0 bridgehead atoms. The zero-order valence-electron chi connectivity index (χ0n) is 12.1. The molecule has 1 aromatic carbocycles. The van der Waals surface area contributed by atoms with Crippen molar-refractivity contribution in [2.24, 2.45) is 0 Å². The maximum Gasteiger partial charge on any atom is 0.161 e. The predicted molar refractivity (Wildman–Crippen MR) is 89.4 cm³/mol. The molecule has 3 rings (SSSR count). The Bertz CT molecular complexity index is 728. The molecular weight excluding hydrogens is 316 g/mol. The van der Waals surface area contributed by atoms with E-state index in [1.807, 2.05) is 18.4 Å². The number of hydrogen-bond donors (Lipinski definition) is 1. The third kappa shape index (κ3) is 2.55. The van der Waals surface area contributed by atoms with E-state index >= 15 is 0 Å². The standard InChI is InChI=1S/C17H15ClN2OS/c1-22-17-12(9-19)15(10-5-7-11(18)8-6-10)16-13(20-17)3-2-4-14(16)21/h5-8,15,20H,2-4H2,1H3/t15-/m1/s1. The van der Waals surface area contributed by atoms with E-state index in [-0.39, 0.29) is 11.7 Å². The lowest BCUT2D eigenvalue weighted by Crippen LogP contribution is -2.31. The van der Waals surface area contributed by atoms with E-state index in [4.69, 9.17) is 11.6 Å². The molecule has 0 aromatic heterocycles. The summed E-state index contributed by atoms with van der Waals surface area (Å²) < 4.78 is 0. The van der Waals surface area contributed by atoms with Gasteiger partial charge < -0.3 is 5.32 Å². The Labute approximate surface area is 139 Å². The van der Waals surface area contributed by atoms with Gasteiger partial charge in [-0.05, 0) is 36.8 Å². The van der Waals surface area contributed by atoms with Crippen molar-refractivity contribution in [2.75, 3.05) is 6.26 Å². The van der Waals surface area contributed by atoms with Crippen molar-refractivity contribution in [3.63, 3.8) is 0 Å². The first-order valence-corrected chi connectivity index (χ1v) is 8.73. The molecule has 0 radical (unpaired) electrons. The molecule has 0 saturated heterocycles. The summed E-state index contributed by atoms with van der Waals surface area (Å²) in [5, 5.41) is 14.4. The van der Waals surface area contributed by atoms with Crippen molar-refractivity contribution in [1.82, 2.24) is 5.32 Å². The van der Waals surface area contributed by atoms with Crippen LogP contribution < -0.4 is 5.32 Å². The number of nitriles is 1. The number of benzene rings is 1. The average Bonchev–Trinajstić information content (AvgIpc) is 2.54. The summed E-state index contributed by atoms with van der Waals surface area (Å²) >= 11 is 7.48. The van der Waals surface area contributed by atoms with Crippen molar-refractivity contribution in [1.29, 1.82) is 5.26 Å². The minimum absolute atomic E-state index is 0.140. The second kappa shape index (κ2) is 6.20. The van der Waals surface area contributed by atoms with Gasteiger partial charge in [-0.15, -0.1) is 11.8 Å². The molecule has 1 aliphatic heterocycles. The molecular formula is C17H15ClN2OS. The summed E-state index contributed by atoms with van der Waals surface area (Å²) in [4.78, 5) is 12.5. The number of dihydropyridines is 1. The zero-order chi connectivity index (χ0) is 15.7. The monoisotopic (exact) mass is 330 g/mol. The summed E-state index contributed by atoms with van der Waals surface area (Å²) in [5.74, 6) is -0.143. The van der Waals surface area contributed by atoms with Crippen molar-refractivity contribution in [3.8, 4) is 6.07 Å². The normalized spacial score (nSPS) is 21.3. The number of nitrogens with zero attached hydrogens (tertiary/aromatic N) is 1. The van der Waals surface area contributed by atoms with Gasteiger partial charge in [-0.1, -0.05) is 23.7 Å². The second-order valence-corrected chi connectivity index (χ2v) is 6.59. The van der Waals surface area contributed by atoms with Gasteiger partial charge in [-0.25, -0.2) is 0 Å². The fraction of sp³-hybridized carbons (Fsp3) is 0.294. The minimum Gasteiger partial charge on any atom is -0.352 e. The molecule has 0 amide bonds. The average molecular weight is 331 g/mol. The smallest absolute Gasteiger partial charge is 0.161 e. The number of halogens is 1. The highest BCUT2D eigenvalue weighted by molar-refractivity contribution is 8.02. The van der Waals surface area contributed by atoms with Crippen molar-refractivity contribution < 1.29 is 4.79 Å². The molecule has 0 unspecified atom stereocenters. The van der Waals surface area contributed by atoms with E-state index < -0.39 is 0 Å². The minimum atomic E-state index is -0.284. The molecule has 1 aromatic rings. The van der Waals surface area contributed by atoms with Crippen LogP contribution in [0.15, 0.2) is 46.1 Å². The Kier molecular flexibility index (Phi) is 4.28. The van der Waals surface area contributed by atoms with E-state index in [1.165, 1.54) is 11.8 Å². The maximum absolute atomic E-state index is 12.5. The Morgan fingerprint density at radius 1 is 1.32 bits per heavy atom. The summed E-state index contributed by atoms with van der Waals surface area (Å²) in [5.41, 5.74) is 3.28. The third-order valence-electron chi connectivity index (χ3n) is 4.07. The van der Waals surface area contributed by atoms with Gasteiger partial charge in [0, 0.05) is 22.7 Å². The van der Waals surface area contributed by atoms with Crippen LogP contribution in [0.1, 0.15) is 30.7 Å². The molecule has 1 heterocycles. The van der Waals surface area contributed by atoms with E-state index in [9.17, 15) is 10.1 Å². The van der Waals surface area contributed by atoms with Crippen molar-refractivity contribution in [2.45, 2.75) is 25.2 Å². The van der Waals surface area contributed by atoms with Crippen LogP contribution in [0.25, 0.3) is 0 Å². The lowest BCUT2D eigenvalue weighted by molar-refractivity contribution is -0.116. The van der Waals surface area contributed by atoms with Crippen LogP contribution in [0.4, 0.5) is 0 Å². The SMILES string of the molecule is CSC1=C(C#N)[C@@H](c2ccc(Cl)cc2)C2=C(CCCC2=O)N1. The number of carbonyl (C=O) groups is 1. The number of carbonyl (C=O) groups excluding carboxylic acids is 1. The molecule has 5 heteroatoms. The lowest BCUT2D eigenvalue weighted by atomic mass is 9.77. The molecule has 22 heavy (non-hydrogen) atoms. The Hall–Kier alpha value is -1.70. The number of Topliss-reactive ketones (excluding diaryl/α,β-unsaturated/α-hetero) is 1. The van der Waals surface area contributed by atoms with Crippen molar-refractivity contribution >= 4 is 29.1 Å². The quantitative estimate of drug-likeness (QED) is 0.885. The summed E-state index contributed by atoms with van der Waals surface area (Å²) in [7, 11) is 0. The Morgan fingerprint density at radius 2 is 2.05 bits per heavy atom. The summed E-state index contributed by atoms with van der Waals surface area (Å²) in [6.45, 7) is 0. The molecule has 1 atom stereocenters. The van der Waals surface area contributed by atoms with Gasteiger partial charge in [0.05, 0.1) is 22.6 Å². The van der Waals surface area contributed by atoms with E-state index in [2.05, 4.69) is 11.4 Å². The van der Waals surface area contributed by atoms with E-state index in [0.717, 1.165) is 34.7 Å².